The highest BCUT2D eigenvalue weighted by Gasteiger charge is 2.50. The maximum atomic E-state index is 14.0. The summed E-state index contributed by atoms with van der Waals surface area (Å²) in [5.41, 5.74) is 3.91. The Balaban J connectivity index is 1.36. The van der Waals surface area contributed by atoms with E-state index in [4.69, 9.17) is 23.9 Å². The van der Waals surface area contributed by atoms with E-state index in [0.29, 0.717) is 19.0 Å². The Morgan fingerprint density at radius 2 is 1.05 bits per heavy atom. The topological polar surface area (TPSA) is 71.8 Å². The van der Waals surface area contributed by atoms with Crippen LogP contribution in [0.15, 0.2) is 128 Å². The number of benzene rings is 4. The average molecular weight is 701 g/mol. The van der Waals surface area contributed by atoms with Gasteiger partial charge in [0.05, 0.1) is 19.8 Å². The van der Waals surface area contributed by atoms with Gasteiger partial charge in [0, 0.05) is 6.20 Å². The van der Waals surface area contributed by atoms with Gasteiger partial charge < -0.3 is 23.5 Å². The number of aromatic nitrogens is 2. The van der Waals surface area contributed by atoms with E-state index in [9.17, 15) is 4.79 Å². The van der Waals surface area contributed by atoms with Gasteiger partial charge in [-0.05, 0) is 44.8 Å². The van der Waals surface area contributed by atoms with Crippen LogP contribution in [-0.2, 0) is 50.2 Å². The average Bonchev–Trinajstić information content (AvgIpc) is 3.46. The number of ether oxygens (including phenoxy) is 4. The van der Waals surface area contributed by atoms with Crippen molar-refractivity contribution in [2.75, 3.05) is 0 Å². The van der Waals surface area contributed by atoms with Gasteiger partial charge >= 0.3 is 5.97 Å². The van der Waals surface area contributed by atoms with Crippen molar-refractivity contribution >= 4 is 28.6 Å². The minimum Gasteiger partial charge on any atom is -0.459 e. The predicted molar refractivity (Wildman–Crippen MR) is 174 cm³/mol. The molecule has 4 atom stereocenters. The molecule has 2 heterocycles. The third-order valence-electron chi connectivity index (χ3n) is 7.53. The molecule has 5 aromatic rings. The second-order valence-corrected chi connectivity index (χ2v) is 11.7. The van der Waals surface area contributed by atoms with Crippen molar-refractivity contribution in [3.8, 4) is 0 Å². The fourth-order valence-electron chi connectivity index (χ4n) is 5.36. The van der Waals surface area contributed by atoms with Crippen molar-refractivity contribution in [3.05, 3.63) is 159 Å². The van der Waals surface area contributed by atoms with Crippen LogP contribution < -0.4 is 0 Å². The van der Waals surface area contributed by atoms with Gasteiger partial charge in [-0.3, -0.25) is 0 Å². The number of hydrogen-bond acceptors (Lipinski definition) is 6. The molecular formula is C36H33IN2O5. The van der Waals surface area contributed by atoms with Crippen LogP contribution in [-0.4, -0.2) is 27.7 Å². The SMILES string of the molecule is O=C(OCc1ccccc1)[C@@H]1[C@@H](OCc2ccccc2)[C@H](OCc2ccccc2)[C@@H](OCc2ccccc2)c2nc(I)cn21. The van der Waals surface area contributed by atoms with E-state index >= 15 is 0 Å². The van der Waals surface area contributed by atoms with E-state index in [1.165, 1.54) is 0 Å². The van der Waals surface area contributed by atoms with E-state index in [0.717, 1.165) is 26.0 Å². The molecule has 0 aliphatic carbocycles. The summed E-state index contributed by atoms with van der Waals surface area (Å²) in [5.74, 6) is 0.182. The molecule has 0 spiro atoms. The molecule has 0 amide bonds. The lowest BCUT2D eigenvalue weighted by molar-refractivity contribution is -0.194. The summed E-state index contributed by atoms with van der Waals surface area (Å²) >= 11 is 2.17. The maximum Gasteiger partial charge on any atom is 0.332 e. The van der Waals surface area contributed by atoms with Gasteiger partial charge in [0.15, 0.2) is 6.04 Å². The van der Waals surface area contributed by atoms with Gasteiger partial charge in [0.1, 0.15) is 34.4 Å². The number of rotatable bonds is 12. The van der Waals surface area contributed by atoms with Crippen LogP contribution in [0.1, 0.15) is 40.2 Å². The molecule has 0 N–H and O–H groups in total. The first-order chi connectivity index (χ1) is 21.7. The molecule has 0 radical (unpaired) electrons. The third-order valence-corrected chi connectivity index (χ3v) is 8.05. The molecule has 1 aliphatic rings. The third kappa shape index (κ3) is 7.44. The molecule has 0 fully saturated rings. The predicted octanol–water partition coefficient (Wildman–Crippen LogP) is 7.21. The standard InChI is InChI=1S/C36H33IN2O5/c37-30-21-39-31(36(40)44-25-29-19-11-4-12-20-29)32(41-22-26-13-5-1-6-14-26)33(42-23-27-15-7-2-8-16-27)34(35(39)38-30)43-24-28-17-9-3-10-18-28/h1-21,31-34H,22-25H2/t31-,32+,33-,34+/m0/s1. The summed E-state index contributed by atoms with van der Waals surface area (Å²) in [4.78, 5) is 18.9. The minimum absolute atomic E-state index is 0.145. The first-order valence-electron chi connectivity index (χ1n) is 14.6. The number of hydrogen-bond donors (Lipinski definition) is 0. The summed E-state index contributed by atoms with van der Waals surface area (Å²) in [6.45, 7) is 1.08. The first-order valence-corrected chi connectivity index (χ1v) is 15.6. The normalized spacial score (nSPS) is 19.3. The minimum atomic E-state index is -0.842. The molecule has 0 unspecified atom stereocenters. The quantitative estimate of drug-likeness (QED) is 0.101. The molecule has 1 aromatic heterocycles. The maximum absolute atomic E-state index is 14.0. The van der Waals surface area contributed by atoms with Crippen LogP contribution in [0.3, 0.4) is 0 Å². The smallest absolute Gasteiger partial charge is 0.332 e. The van der Waals surface area contributed by atoms with Crippen LogP contribution in [0.4, 0.5) is 0 Å². The van der Waals surface area contributed by atoms with E-state index in [1.807, 2.05) is 132 Å². The molecule has 224 valence electrons. The first kappa shape index (κ1) is 30.2. The fourth-order valence-corrected chi connectivity index (χ4v) is 5.91. The number of halogens is 1. The number of esters is 1. The van der Waals surface area contributed by atoms with Gasteiger partial charge in [0.2, 0.25) is 0 Å². The van der Waals surface area contributed by atoms with Crippen LogP contribution in [0.2, 0.25) is 0 Å². The van der Waals surface area contributed by atoms with Crippen LogP contribution in [0.25, 0.3) is 0 Å². The van der Waals surface area contributed by atoms with E-state index in [2.05, 4.69) is 22.6 Å². The summed E-state index contributed by atoms with van der Waals surface area (Å²) in [6.07, 6.45) is -0.153. The number of nitrogens with zero attached hydrogens (tertiary/aromatic N) is 2. The summed E-state index contributed by atoms with van der Waals surface area (Å²) in [5, 5.41) is 0. The summed E-state index contributed by atoms with van der Waals surface area (Å²) < 4.78 is 28.4. The molecule has 0 saturated carbocycles. The van der Waals surface area contributed by atoms with Gasteiger partial charge in [-0.2, -0.15) is 0 Å². The molecule has 8 heteroatoms. The second-order valence-electron chi connectivity index (χ2n) is 10.6. The lowest BCUT2D eigenvalue weighted by Gasteiger charge is -2.41. The Hall–Kier alpha value is -3.83. The molecule has 7 nitrogen and oxygen atoms in total. The highest BCUT2D eigenvalue weighted by Crippen LogP contribution is 2.40. The molecular weight excluding hydrogens is 667 g/mol. The number of imidazole rings is 1. The Morgan fingerprint density at radius 1 is 0.614 bits per heavy atom. The van der Waals surface area contributed by atoms with Crippen LogP contribution in [0.5, 0.6) is 0 Å². The van der Waals surface area contributed by atoms with Gasteiger partial charge in [-0.25, -0.2) is 9.78 Å². The summed E-state index contributed by atoms with van der Waals surface area (Å²) in [6, 6.07) is 38.6. The lowest BCUT2D eigenvalue weighted by atomic mass is 9.94. The van der Waals surface area contributed by atoms with Crippen molar-refractivity contribution in [3.63, 3.8) is 0 Å². The van der Waals surface area contributed by atoms with Gasteiger partial charge in [-0.1, -0.05) is 121 Å². The Kier molecular flexibility index (Phi) is 10.1. The molecule has 0 bridgehead atoms. The Bertz CT molecular complexity index is 1620. The molecule has 6 rings (SSSR count). The fraction of sp³-hybridized carbons (Fsp3) is 0.222. The molecule has 1 aliphatic heterocycles. The van der Waals surface area contributed by atoms with Gasteiger partial charge in [-0.15, -0.1) is 0 Å². The number of carbonyl (C=O) groups excluding carboxylic acids is 1. The van der Waals surface area contributed by atoms with Crippen LogP contribution in [0, 0.1) is 3.70 Å². The zero-order valence-corrected chi connectivity index (χ0v) is 26.2. The Labute approximate surface area is 270 Å². The lowest BCUT2D eigenvalue weighted by Crippen LogP contribution is -2.51. The van der Waals surface area contributed by atoms with Gasteiger partial charge in [0.25, 0.3) is 0 Å². The van der Waals surface area contributed by atoms with E-state index in [1.54, 1.807) is 0 Å². The van der Waals surface area contributed by atoms with Crippen molar-refractivity contribution in [1.29, 1.82) is 0 Å². The Morgan fingerprint density at radius 3 is 1.55 bits per heavy atom. The monoisotopic (exact) mass is 700 g/mol. The zero-order chi connectivity index (χ0) is 30.1. The largest absolute Gasteiger partial charge is 0.459 e. The molecule has 0 saturated heterocycles. The zero-order valence-electron chi connectivity index (χ0n) is 24.1. The molecule has 44 heavy (non-hydrogen) atoms. The van der Waals surface area contributed by atoms with Crippen molar-refractivity contribution in [2.45, 2.75) is 50.8 Å². The highest BCUT2D eigenvalue weighted by atomic mass is 127. The van der Waals surface area contributed by atoms with E-state index < -0.39 is 30.3 Å². The number of carbonyl (C=O) groups is 1. The van der Waals surface area contributed by atoms with E-state index in [-0.39, 0.29) is 13.2 Å². The second kappa shape index (κ2) is 14.8. The highest BCUT2D eigenvalue weighted by molar-refractivity contribution is 14.1. The van der Waals surface area contributed by atoms with Crippen molar-refractivity contribution < 1.29 is 23.7 Å². The number of fused-ring (bicyclic) bond motifs is 1. The summed E-state index contributed by atoms with van der Waals surface area (Å²) in [7, 11) is 0. The van der Waals surface area contributed by atoms with Crippen molar-refractivity contribution in [1.82, 2.24) is 9.55 Å². The van der Waals surface area contributed by atoms with Crippen LogP contribution >= 0.6 is 22.6 Å². The molecule has 4 aromatic carbocycles. The van der Waals surface area contributed by atoms with Crippen molar-refractivity contribution in [2.24, 2.45) is 0 Å².